The van der Waals surface area contributed by atoms with Crippen LogP contribution < -0.4 is 5.63 Å². The molecule has 0 fully saturated rings. The van der Waals surface area contributed by atoms with Crippen molar-refractivity contribution in [2.45, 2.75) is 13.8 Å². The van der Waals surface area contributed by atoms with Crippen molar-refractivity contribution < 1.29 is 18.9 Å². The van der Waals surface area contributed by atoms with Gasteiger partial charge < -0.3 is 9.15 Å². The fraction of sp³-hybridized carbons (Fsp3) is 0.200. The van der Waals surface area contributed by atoms with E-state index >= 15 is 0 Å². The summed E-state index contributed by atoms with van der Waals surface area (Å²) < 4.78 is 9.72. The molecule has 0 saturated heterocycles. The highest BCUT2D eigenvalue weighted by molar-refractivity contribution is 5.94. The van der Waals surface area contributed by atoms with Crippen molar-refractivity contribution in [1.82, 2.24) is 0 Å². The fourth-order valence-corrected chi connectivity index (χ4v) is 2.34. The second kappa shape index (κ2) is 5.80. The van der Waals surface area contributed by atoms with Crippen LogP contribution in [0.15, 0.2) is 33.5 Å². The summed E-state index contributed by atoms with van der Waals surface area (Å²) in [5.41, 5.74) is -0.512. The maximum atomic E-state index is 12.2. The zero-order chi connectivity index (χ0) is 16.4. The molecule has 0 aliphatic heterocycles. The lowest BCUT2D eigenvalue weighted by Gasteiger charge is -2.11. The predicted molar refractivity (Wildman–Crippen MR) is 77.9 cm³/mol. The number of esters is 1. The first-order valence-electron chi connectivity index (χ1n) is 6.34. The number of nitro benzene ring substituents is 1. The number of nitrogens with zero attached hydrogens (tertiary/aromatic N) is 1. The third kappa shape index (κ3) is 2.48. The summed E-state index contributed by atoms with van der Waals surface area (Å²) in [5, 5.41) is 11.1. The molecule has 0 aliphatic carbocycles. The van der Waals surface area contributed by atoms with E-state index in [4.69, 9.17) is 4.42 Å². The Hall–Kier alpha value is -2.96. The highest BCUT2D eigenvalue weighted by atomic mass is 16.6. The molecule has 0 amide bonds. The minimum absolute atomic E-state index is 0.0155. The molecule has 0 N–H and O–H groups in total. The van der Waals surface area contributed by atoms with E-state index in [1.54, 1.807) is 6.07 Å². The molecule has 0 radical (unpaired) electrons. The number of hydrogen-bond acceptors (Lipinski definition) is 6. The Labute approximate surface area is 125 Å². The number of ether oxygens (including phenoxy) is 1. The molecule has 1 heterocycles. The van der Waals surface area contributed by atoms with Gasteiger partial charge in [0.1, 0.15) is 11.3 Å². The number of benzene rings is 1. The third-order valence-corrected chi connectivity index (χ3v) is 3.31. The molecular formula is C15H13NO6. The first kappa shape index (κ1) is 15.4. The lowest BCUT2D eigenvalue weighted by molar-refractivity contribution is -0.384. The zero-order valence-electron chi connectivity index (χ0n) is 12.2. The molecule has 22 heavy (non-hydrogen) atoms. The number of para-hydroxylation sites is 1. The van der Waals surface area contributed by atoms with Crippen LogP contribution in [0, 0.1) is 24.0 Å². The SMILES string of the molecule is COC(=O)c1c(C)oc(=O)c(-c2ccccc2[N+](=O)[O-])c1C. The maximum absolute atomic E-state index is 12.2. The van der Waals surface area contributed by atoms with Gasteiger partial charge in [0.25, 0.3) is 5.69 Å². The molecule has 7 nitrogen and oxygen atoms in total. The van der Waals surface area contributed by atoms with E-state index in [9.17, 15) is 19.7 Å². The molecule has 2 aromatic rings. The van der Waals surface area contributed by atoms with Gasteiger partial charge in [-0.25, -0.2) is 9.59 Å². The summed E-state index contributed by atoms with van der Waals surface area (Å²) in [4.78, 5) is 34.6. The van der Waals surface area contributed by atoms with Gasteiger partial charge in [-0.15, -0.1) is 0 Å². The lowest BCUT2D eigenvalue weighted by atomic mass is 9.97. The van der Waals surface area contributed by atoms with E-state index in [-0.39, 0.29) is 33.7 Å². The van der Waals surface area contributed by atoms with Crippen molar-refractivity contribution in [2.75, 3.05) is 7.11 Å². The molecule has 0 unspecified atom stereocenters. The summed E-state index contributed by atoms with van der Waals surface area (Å²) in [6, 6.07) is 5.78. The average molecular weight is 303 g/mol. The highest BCUT2D eigenvalue weighted by Gasteiger charge is 2.25. The monoisotopic (exact) mass is 303 g/mol. The fourth-order valence-electron chi connectivity index (χ4n) is 2.34. The van der Waals surface area contributed by atoms with Crippen LogP contribution in [-0.2, 0) is 4.74 Å². The average Bonchev–Trinajstić information content (AvgIpc) is 2.46. The first-order valence-corrected chi connectivity index (χ1v) is 6.34. The van der Waals surface area contributed by atoms with E-state index < -0.39 is 16.5 Å². The van der Waals surface area contributed by atoms with Gasteiger partial charge in [-0.3, -0.25) is 10.1 Å². The number of rotatable bonds is 3. The number of carbonyl (C=O) groups is 1. The molecule has 7 heteroatoms. The Morgan fingerprint density at radius 2 is 1.91 bits per heavy atom. The summed E-state index contributed by atoms with van der Waals surface area (Å²) in [6.45, 7) is 2.99. The molecule has 0 saturated carbocycles. The predicted octanol–water partition coefficient (Wildman–Crippen LogP) is 2.62. The normalized spacial score (nSPS) is 10.3. The molecule has 0 aliphatic rings. The van der Waals surface area contributed by atoms with Gasteiger partial charge in [-0.1, -0.05) is 12.1 Å². The summed E-state index contributed by atoms with van der Waals surface area (Å²) in [7, 11) is 1.21. The van der Waals surface area contributed by atoms with E-state index in [0.717, 1.165) is 0 Å². The van der Waals surface area contributed by atoms with Gasteiger partial charge in [0.05, 0.1) is 23.2 Å². The number of carbonyl (C=O) groups excluding carboxylic acids is 1. The van der Waals surface area contributed by atoms with Crippen LogP contribution in [-0.4, -0.2) is 18.0 Å². The third-order valence-electron chi connectivity index (χ3n) is 3.31. The van der Waals surface area contributed by atoms with Crippen molar-refractivity contribution in [2.24, 2.45) is 0 Å². The Bertz CT molecular complexity index is 821. The van der Waals surface area contributed by atoms with Crippen LogP contribution in [0.25, 0.3) is 11.1 Å². The van der Waals surface area contributed by atoms with E-state index in [0.29, 0.717) is 0 Å². The van der Waals surface area contributed by atoms with Crippen molar-refractivity contribution >= 4 is 11.7 Å². The number of methoxy groups -OCH3 is 1. The molecule has 0 bridgehead atoms. The largest absolute Gasteiger partial charge is 0.465 e. The van der Waals surface area contributed by atoms with Gasteiger partial charge in [-0.2, -0.15) is 0 Å². The van der Waals surface area contributed by atoms with Crippen LogP contribution in [0.3, 0.4) is 0 Å². The highest BCUT2D eigenvalue weighted by Crippen LogP contribution is 2.31. The Morgan fingerprint density at radius 1 is 1.27 bits per heavy atom. The van der Waals surface area contributed by atoms with Crippen molar-refractivity contribution in [1.29, 1.82) is 0 Å². The van der Waals surface area contributed by atoms with Gasteiger partial charge in [0, 0.05) is 6.07 Å². The number of hydrogen-bond donors (Lipinski definition) is 0. The minimum atomic E-state index is -0.739. The Morgan fingerprint density at radius 3 is 2.50 bits per heavy atom. The molecule has 1 aromatic carbocycles. The van der Waals surface area contributed by atoms with Crippen LogP contribution in [0.5, 0.6) is 0 Å². The molecule has 0 atom stereocenters. The van der Waals surface area contributed by atoms with Gasteiger partial charge in [0.15, 0.2) is 0 Å². The number of nitro groups is 1. The van der Waals surface area contributed by atoms with Crippen molar-refractivity contribution in [3.63, 3.8) is 0 Å². The molecule has 1 aromatic heterocycles. The lowest BCUT2D eigenvalue weighted by Crippen LogP contribution is -2.15. The maximum Gasteiger partial charge on any atom is 0.344 e. The molecule has 0 spiro atoms. The smallest absolute Gasteiger partial charge is 0.344 e. The Kier molecular flexibility index (Phi) is 4.07. The second-order valence-corrected chi connectivity index (χ2v) is 4.59. The van der Waals surface area contributed by atoms with Crippen LogP contribution in [0.4, 0.5) is 5.69 Å². The second-order valence-electron chi connectivity index (χ2n) is 4.59. The van der Waals surface area contributed by atoms with Crippen LogP contribution in [0.2, 0.25) is 0 Å². The van der Waals surface area contributed by atoms with E-state index in [1.807, 2.05) is 0 Å². The van der Waals surface area contributed by atoms with Crippen molar-refractivity contribution in [3.05, 3.63) is 61.7 Å². The topological polar surface area (TPSA) is 99.7 Å². The van der Waals surface area contributed by atoms with Gasteiger partial charge in [-0.05, 0) is 25.5 Å². The van der Waals surface area contributed by atoms with Gasteiger partial charge in [0.2, 0.25) is 0 Å². The number of aryl methyl sites for hydroxylation is 1. The standard InChI is InChI=1S/C15H13NO6/c1-8-12(14(17)21-3)9(2)22-15(18)13(8)10-6-4-5-7-11(10)16(19)20/h4-7H,1-3H3. The van der Waals surface area contributed by atoms with Crippen LogP contribution >= 0.6 is 0 Å². The summed E-state index contributed by atoms with van der Waals surface area (Å²) >= 11 is 0. The quantitative estimate of drug-likeness (QED) is 0.491. The van der Waals surface area contributed by atoms with Gasteiger partial charge >= 0.3 is 11.6 Å². The molecule has 114 valence electrons. The molecular weight excluding hydrogens is 290 g/mol. The zero-order valence-corrected chi connectivity index (χ0v) is 12.2. The summed E-state index contributed by atoms with van der Waals surface area (Å²) in [5.74, 6) is -0.560. The van der Waals surface area contributed by atoms with E-state index in [2.05, 4.69) is 4.74 Å². The van der Waals surface area contributed by atoms with Crippen LogP contribution in [0.1, 0.15) is 21.7 Å². The first-order chi connectivity index (χ1) is 10.4. The van der Waals surface area contributed by atoms with E-state index in [1.165, 1.54) is 39.2 Å². The Balaban J connectivity index is 2.86. The van der Waals surface area contributed by atoms with Crippen molar-refractivity contribution in [3.8, 4) is 11.1 Å². The molecule has 2 rings (SSSR count). The minimum Gasteiger partial charge on any atom is -0.465 e. The summed E-state index contributed by atoms with van der Waals surface area (Å²) in [6.07, 6.45) is 0.